The molecule has 0 amide bonds. The van der Waals surface area contributed by atoms with Gasteiger partial charge in [0.2, 0.25) is 10.0 Å². The molecule has 1 aromatic carbocycles. The molecule has 0 bridgehead atoms. The number of anilines is 1. The van der Waals surface area contributed by atoms with Crippen LogP contribution in [0.15, 0.2) is 34.5 Å². The minimum absolute atomic E-state index is 0.0651. The van der Waals surface area contributed by atoms with Gasteiger partial charge < -0.3 is 5.73 Å². The summed E-state index contributed by atoms with van der Waals surface area (Å²) in [6.07, 6.45) is 0. The van der Waals surface area contributed by atoms with Gasteiger partial charge in [-0.05, 0) is 25.1 Å². The van der Waals surface area contributed by atoms with Gasteiger partial charge in [0.05, 0.1) is 23.0 Å². The summed E-state index contributed by atoms with van der Waals surface area (Å²) in [5.74, 6) is 0.546. The van der Waals surface area contributed by atoms with Gasteiger partial charge in [-0.2, -0.15) is 0 Å². The largest absolute Gasteiger partial charge is 0.399 e. The van der Waals surface area contributed by atoms with Crippen LogP contribution in [0.4, 0.5) is 5.69 Å². The number of thioether (sulfide) groups is 1. The number of nitrogen functional groups attached to an aromatic ring is 1. The van der Waals surface area contributed by atoms with Gasteiger partial charge in [0.25, 0.3) is 0 Å². The van der Waals surface area contributed by atoms with E-state index in [9.17, 15) is 8.42 Å². The highest BCUT2D eigenvalue weighted by Gasteiger charge is 2.11. The summed E-state index contributed by atoms with van der Waals surface area (Å²) >= 11 is 2.98. The van der Waals surface area contributed by atoms with Crippen molar-refractivity contribution in [3.8, 4) is 0 Å². The minimum Gasteiger partial charge on any atom is -0.399 e. The van der Waals surface area contributed by atoms with E-state index in [0.29, 0.717) is 11.4 Å². The number of aromatic nitrogens is 1. The molecule has 8 heteroatoms. The summed E-state index contributed by atoms with van der Waals surface area (Å²) < 4.78 is 26.4. The van der Waals surface area contributed by atoms with Crippen molar-refractivity contribution < 1.29 is 8.42 Å². The molecule has 0 aliphatic rings. The number of nitrogens with one attached hydrogen (secondary N) is 1. The molecular weight excluding hydrogens is 326 g/mol. The van der Waals surface area contributed by atoms with E-state index in [2.05, 4.69) is 9.71 Å². The standard InChI is InChI=1S/C13H17N3O2S3/c1-10-16-12(9-20-10)8-15-21(17,18)6-5-19-13-4-2-3-11(14)7-13/h2-4,7,9,15H,5-6,8,14H2,1H3. The molecule has 114 valence electrons. The smallest absolute Gasteiger partial charge is 0.212 e. The lowest BCUT2D eigenvalue weighted by atomic mass is 10.3. The van der Waals surface area contributed by atoms with Gasteiger partial charge in [-0.15, -0.1) is 23.1 Å². The van der Waals surface area contributed by atoms with Crippen LogP contribution in [0.25, 0.3) is 0 Å². The second-order valence-electron chi connectivity index (χ2n) is 4.42. The number of nitrogens with zero attached hydrogens (tertiary/aromatic N) is 1. The SMILES string of the molecule is Cc1nc(CNS(=O)(=O)CCSc2cccc(N)c2)cs1. The van der Waals surface area contributed by atoms with Crippen molar-refractivity contribution in [3.63, 3.8) is 0 Å². The Kier molecular flexibility index (Phi) is 5.63. The molecule has 21 heavy (non-hydrogen) atoms. The van der Waals surface area contributed by atoms with Crippen molar-refractivity contribution in [2.24, 2.45) is 0 Å². The highest BCUT2D eigenvalue weighted by atomic mass is 32.2. The normalized spacial score (nSPS) is 11.7. The number of rotatable bonds is 7. The molecule has 2 rings (SSSR count). The van der Waals surface area contributed by atoms with Crippen molar-refractivity contribution in [2.75, 3.05) is 17.2 Å². The third-order valence-electron chi connectivity index (χ3n) is 2.62. The van der Waals surface area contributed by atoms with Crippen LogP contribution in [0.2, 0.25) is 0 Å². The van der Waals surface area contributed by atoms with Crippen LogP contribution in [0.5, 0.6) is 0 Å². The first-order chi connectivity index (χ1) is 9.94. The topological polar surface area (TPSA) is 85.1 Å². The molecule has 0 spiro atoms. The van der Waals surface area contributed by atoms with E-state index in [1.807, 2.05) is 30.5 Å². The molecule has 0 atom stereocenters. The van der Waals surface area contributed by atoms with E-state index >= 15 is 0 Å². The average Bonchev–Trinajstić information content (AvgIpc) is 2.82. The van der Waals surface area contributed by atoms with E-state index in [1.165, 1.54) is 23.1 Å². The lowest BCUT2D eigenvalue weighted by Crippen LogP contribution is -2.27. The van der Waals surface area contributed by atoms with Crippen LogP contribution >= 0.6 is 23.1 Å². The van der Waals surface area contributed by atoms with Crippen LogP contribution in [0, 0.1) is 6.92 Å². The van der Waals surface area contributed by atoms with Crippen molar-refractivity contribution in [2.45, 2.75) is 18.4 Å². The molecule has 0 fully saturated rings. The molecule has 0 radical (unpaired) electrons. The van der Waals surface area contributed by atoms with Gasteiger partial charge in [-0.25, -0.2) is 18.1 Å². The number of hydrogen-bond donors (Lipinski definition) is 2. The number of thiazole rings is 1. The first-order valence-electron chi connectivity index (χ1n) is 6.31. The Morgan fingerprint density at radius 2 is 2.24 bits per heavy atom. The Hall–Kier alpha value is -1.09. The molecule has 0 aliphatic heterocycles. The Balaban J connectivity index is 1.78. The Bertz CT molecular complexity index is 698. The van der Waals surface area contributed by atoms with Gasteiger partial charge in [0.15, 0.2) is 0 Å². The number of aryl methyl sites for hydroxylation is 1. The fourth-order valence-electron chi connectivity index (χ4n) is 1.62. The molecule has 1 aromatic heterocycles. The van der Waals surface area contributed by atoms with Crippen molar-refractivity contribution in [3.05, 3.63) is 40.3 Å². The van der Waals surface area contributed by atoms with Crippen LogP contribution in [-0.4, -0.2) is 24.9 Å². The van der Waals surface area contributed by atoms with Crippen molar-refractivity contribution in [1.29, 1.82) is 0 Å². The number of nitrogens with two attached hydrogens (primary N) is 1. The van der Waals surface area contributed by atoms with Crippen molar-refractivity contribution in [1.82, 2.24) is 9.71 Å². The van der Waals surface area contributed by atoms with E-state index in [4.69, 9.17) is 5.73 Å². The summed E-state index contributed by atoms with van der Waals surface area (Å²) in [6.45, 7) is 2.14. The summed E-state index contributed by atoms with van der Waals surface area (Å²) in [6, 6.07) is 7.41. The Labute approximate surface area is 133 Å². The molecule has 0 saturated heterocycles. The molecular formula is C13H17N3O2S3. The summed E-state index contributed by atoms with van der Waals surface area (Å²) in [4.78, 5) is 5.20. The van der Waals surface area contributed by atoms with Crippen LogP contribution in [0.3, 0.4) is 0 Å². The van der Waals surface area contributed by atoms with Gasteiger partial charge >= 0.3 is 0 Å². The highest BCUT2D eigenvalue weighted by Crippen LogP contribution is 2.20. The zero-order chi connectivity index (χ0) is 15.3. The van der Waals surface area contributed by atoms with E-state index in [-0.39, 0.29) is 12.3 Å². The van der Waals surface area contributed by atoms with Gasteiger partial charge in [-0.3, -0.25) is 0 Å². The highest BCUT2D eigenvalue weighted by molar-refractivity contribution is 8.00. The van der Waals surface area contributed by atoms with Gasteiger partial charge in [-0.1, -0.05) is 6.07 Å². The monoisotopic (exact) mass is 343 g/mol. The van der Waals surface area contributed by atoms with Gasteiger partial charge in [0.1, 0.15) is 0 Å². The van der Waals surface area contributed by atoms with Crippen molar-refractivity contribution >= 4 is 38.8 Å². The summed E-state index contributed by atoms with van der Waals surface area (Å²) in [5, 5.41) is 2.79. The Morgan fingerprint density at radius 1 is 1.43 bits per heavy atom. The molecule has 5 nitrogen and oxygen atoms in total. The molecule has 3 N–H and O–H groups in total. The zero-order valence-corrected chi connectivity index (χ0v) is 14.0. The fraction of sp³-hybridized carbons (Fsp3) is 0.308. The van der Waals surface area contributed by atoms with E-state index in [1.54, 1.807) is 6.07 Å². The molecule has 1 heterocycles. The van der Waals surface area contributed by atoms with Gasteiger partial charge in [0, 0.05) is 21.7 Å². The third-order valence-corrected chi connectivity index (χ3v) is 6.02. The van der Waals surface area contributed by atoms with Crippen LogP contribution in [0.1, 0.15) is 10.7 Å². The lowest BCUT2D eigenvalue weighted by Gasteiger charge is -2.06. The van der Waals surface area contributed by atoms with Crippen LogP contribution in [-0.2, 0) is 16.6 Å². The fourth-order valence-corrected chi connectivity index (χ4v) is 4.58. The molecule has 0 saturated carbocycles. The minimum atomic E-state index is -3.29. The second kappa shape index (κ2) is 7.26. The average molecular weight is 343 g/mol. The quantitative estimate of drug-likeness (QED) is 0.595. The Morgan fingerprint density at radius 3 is 2.90 bits per heavy atom. The second-order valence-corrected chi connectivity index (χ2v) is 8.58. The maximum Gasteiger partial charge on any atom is 0.212 e. The van der Waals surface area contributed by atoms with E-state index < -0.39 is 10.0 Å². The summed E-state index contributed by atoms with van der Waals surface area (Å²) in [5.41, 5.74) is 7.11. The summed E-state index contributed by atoms with van der Waals surface area (Å²) in [7, 11) is -3.29. The number of hydrogen-bond acceptors (Lipinski definition) is 6. The van der Waals surface area contributed by atoms with Crippen LogP contribution < -0.4 is 10.5 Å². The number of sulfonamides is 1. The van der Waals surface area contributed by atoms with E-state index in [0.717, 1.165) is 15.6 Å². The molecule has 0 aliphatic carbocycles. The first kappa shape index (κ1) is 16.3. The molecule has 0 unspecified atom stereocenters. The third kappa shape index (κ3) is 5.66. The first-order valence-corrected chi connectivity index (χ1v) is 9.83. The zero-order valence-electron chi connectivity index (χ0n) is 11.6. The predicted octanol–water partition coefficient (Wildman–Crippen LogP) is 2.25. The predicted molar refractivity (Wildman–Crippen MR) is 89.1 cm³/mol. The lowest BCUT2D eigenvalue weighted by molar-refractivity contribution is 0.582. The number of benzene rings is 1. The molecule has 2 aromatic rings. The maximum atomic E-state index is 11.9. The maximum absolute atomic E-state index is 11.9.